The van der Waals surface area contributed by atoms with E-state index in [2.05, 4.69) is 58.1 Å². The zero-order valence-electron chi connectivity index (χ0n) is 11.9. The minimum atomic E-state index is -1.89. The summed E-state index contributed by atoms with van der Waals surface area (Å²) in [6.45, 7) is 0. The van der Waals surface area contributed by atoms with Crippen molar-refractivity contribution in [2.45, 2.75) is 6.16 Å². The second-order valence-electron chi connectivity index (χ2n) is 5.02. The summed E-state index contributed by atoms with van der Waals surface area (Å²) in [5, 5.41) is 2.49. The molecule has 0 saturated heterocycles. The summed E-state index contributed by atoms with van der Waals surface area (Å²) in [4.78, 5) is 4.48. The first-order chi connectivity index (χ1) is 10.2. The van der Waals surface area contributed by atoms with Gasteiger partial charge in [0.05, 0.1) is 0 Å². The fourth-order valence-electron chi connectivity index (χ4n) is 2.42. The van der Waals surface area contributed by atoms with Crippen LogP contribution in [0.5, 0.6) is 0 Å². The SMILES string of the molecule is Cn1ccnc1CP(=S)(c1ccccc1)c1ccccc1. The molecule has 0 unspecified atom stereocenters. The fraction of sp³-hybridized carbons (Fsp3) is 0.118. The van der Waals surface area contributed by atoms with Crippen molar-refractivity contribution in [1.82, 2.24) is 9.55 Å². The Balaban J connectivity index is 2.12. The van der Waals surface area contributed by atoms with Crippen molar-refractivity contribution < 1.29 is 0 Å². The molecule has 0 N–H and O–H groups in total. The predicted octanol–water partition coefficient (Wildman–Crippen LogP) is 3.05. The molecule has 3 aromatic rings. The third-order valence-corrected chi connectivity index (χ3v) is 8.28. The van der Waals surface area contributed by atoms with Crippen molar-refractivity contribution >= 4 is 28.5 Å². The lowest BCUT2D eigenvalue weighted by atomic mass is 10.4. The standard InChI is InChI=1S/C17H17N2PS/c1-19-13-12-18-17(19)14-20(21,15-8-4-2-5-9-15)16-10-6-3-7-11-16/h2-13H,14H2,1H3. The number of aromatic nitrogens is 2. The Morgan fingerprint density at radius 1 is 0.952 bits per heavy atom. The summed E-state index contributed by atoms with van der Waals surface area (Å²) in [7, 11) is 2.03. The van der Waals surface area contributed by atoms with E-state index in [1.54, 1.807) is 0 Å². The molecule has 2 aromatic carbocycles. The first-order valence-corrected chi connectivity index (χ1v) is 9.85. The van der Waals surface area contributed by atoms with Crippen molar-refractivity contribution in [3.05, 3.63) is 78.9 Å². The summed E-state index contributed by atoms with van der Waals surface area (Å²) in [6.07, 6.45) is 4.62. The average Bonchev–Trinajstić information content (AvgIpc) is 2.94. The number of benzene rings is 2. The van der Waals surface area contributed by atoms with Gasteiger partial charge in [0.1, 0.15) is 5.82 Å². The molecule has 1 heterocycles. The molecule has 0 radical (unpaired) electrons. The predicted molar refractivity (Wildman–Crippen MR) is 93.3 cm³/mol. The van der Waals surface area contributed by atoms with Gasteiger partial charge in [0.15, 0.2) is 0 Å². The molecule has 3 rings (SSSR count). The van der Waals surface area contributed by atoms with Gasteiger partial charge in [-0.3, -0.25) is 0 Å². The number of nitrogens with zero attached hydrogens (tertiary/aromatic N) is 2. The quantitative estimate of drug-likeness (QED) is 0.689. The maximum absolute atomic E-state index is 6.20. The molecule has 0 aliphatic heterocycles. The van der Waals surface area contributed by atoms with Gasteiger partial charge >= 0.3 is 0 Å². The molecule has 1 aromatic heterocycles. The molecule has 2 nitrogen and oxygen atoms in total. The normalized spacial score (nSPS) is 11.5. The first-order valence-electron chi connectivity index (χ1n) is 6.87. The Bertz CT molecular complexity index is 722. The Labute approximate surface area is 130 Å². The van der Waals surface area contributed by atoms with Gasteiger partial charge < -0.3 is 4.57 Å². The highest BCUT2D eigenvalue weighted by Crippen LogP contribution is 2.46. The van der Waals surface area contributed by atoms with Gasteiger partial charge in [-0.05, 0) is 10.6 Å². The molecule has 0 amide bonds. The highest BCUT2D eigenvalue weighted by Gasteiger charge is 2.24. The Morgan fingerprint density at radius 3 is 1.90 bits per heavy atom. The van der Waals surface area contributed by atoms with Crippen molar-refractivity contribution in [3.63, 3.8) is 0 Å². The molecule has 21 heavy (non-hydrogen) atoms. The van der Waals surface area contributed by atoms with Gasteiger partial charge in [-0.25, -0.2) is 4.98 Å². The number of imidazole rings is 1. The number of hydrogen-bond acceptors (Lipinski definition) is 2. The lowest BCUT2D eigenvalue weighted by Crippen LogP contribution is -2.18. The van der Waals surface area contributed by atoms with E-state index in [1.807, 2.05) is 31.6 Å². The van der Waals surface area contributed by atoms with Crippen LogP contribution in [0, 0.1) is 0 Å². The Hall–Kier alpha value is -1.70. The summed E-state index contributed by atoms with van der Waals surface area (Å²) < 4.78 is 2.06. The van der Waals surface area contributed by atoms with Gasteiger partial charge in [0, 0.05) is 31.6 Å². The third kappa shape index (κ3) is 2.85. The Morgan fingerprint density at radius 2 is 1.48 bits per heavy atom. The molecular formula is C17H17N2PS. The first kappa shape index (κ1) is 14.2. The zero-order chi connectivity index (χ0) is 14.7. The molecule has 4 heteroatoms. The molecule has 0 bridgehead atoms. The fourth-order valence-corrected chi connectivity index (χ4v) is 6.17. The van der Waals surface area contributed by atoms with E-state index in [1.165, 1.54) is 10.6 Å². The van der Waals surface area contributed by atoms with Crippen LogP contribution in [0.2, 0.25) is 0 Å². The molecule has 0 spiro atoms. The summed E-state index contributed by atoms with van der Waals surface area (Å²) in [5.41, 5.74) is 0. The van der Waals surface area contributed by atoms with Gasteiger partial charge in [-0.2, -0.15) is 0 Å². The van der Waals surface area contributed by atoms with Crippen LogP contribution in [-0.2, 0) is 25.0 Å². The van der Waals surface area contributed by atoms with Crippen LogP contribution in [0.25, 0.3) is 0 Å². The molecule has 0 fully saturated rings. The lowest BCUT2D eigenvalue weighted by molar-refractivity contribution is 0.848. The van der Waals surface area contributed by atoms with E-state index in [4.69, 9.17) is 11.8 Å². The second-order valence-corrected chi connectivity index (χ2v) is 9.72. The molecule has 0 aliphatic carbocycles. The maximum Gasteiger partial charge on any atom is 0.114 e. The largest absolute Gasteiger partial charge is 0.338 e. The highest BCUT2D eigenvalue weighted by molar-refractivity contribution is 8.21. The van der Waals surface area contributed by atoms with Crippen LogP contribution in [0.1, 0.15) is 5.82 Å². The molecular weight excluding hydrogens is 295 g/mol. The van der Waals surface area contributed by atoms with Crippen LogP contribution in [-0.4, -0.2) is 9.55 Å². The average molecular weight is 312 g/mol. The maximum atomic E-state index is 6.20. The van der Waals surface area contributed by atoms with Gasteiger partial charge in [-0.1, -0.05) is 72.5 Å². The third-order valence-electron chi connectivity index (χ3n) is 3.63. The van der Waals surface area contributed by atoms with Crippen molar-refractivity contribution in [1.29, 1.82) is 0 Å². The van der Waals surface area contributed by atoms with Crippen molar-refractivity contribution in [2.75, 3.05) is 0 Å². The topological polar surface area (TPSA) is 17.8 Å². The molecule has 0 aliphatic rings. The van der Waals surface area contributed by atoms with Gasteiger partial charge in [0.2, 0.25) is 0 Å². The van der Waals surface area contributed by atoms with Crippen LogP contribution < -0.4 is 10.6 Å². The lowest BCUT2D eigenvalue weighted by Gasteiger charge is -2.23. The molecule has 106 valence electrons. The van der Waals surface area contributed by atoms with E-state index >= 15 is 0 Å². The Kier molecular flexibility index (Phi) is 4.05. The van der Waals surface area contributed by atoms with E-state index in [9.17, 15) is 0 Å². The summed E-state index contributed by atoms with van der Waals surface area (Å²) >= 11 is 6.20. The number of aryl methyl sites for hydroxylation is 1. The summed E-state index contributed by atoms with van der Waals surface area (Å²) in [6, 6.07) is 19.1. The second kappa shape index (κ2) is 5.97. The highest BCUT2D eigenvalue weighted by atomic mass is 32.4. The molecule has 0 saturated carbocycles. The van der Waals surface area contributed by atoms with Crippen molar-refractivity contribution in [2.24, 2.45) is 7.05 Å². The monoisotopic (exact) mass is 312 g/mol. The van der Waals surface area contributed by atoms with Crippen LogP contribution in [0.3, 0.4) is 0 Å². The van der Waals surface area contributed by atoms with E-state index in [0.717, 1.165) is 12.0 Å². The zero-order valence-corrected chi connectivity index (χ0v) is 13.6. The van der Waals surface area contributed by atoms with Crippen LogP contribution in [0.4, 0.5) is 0 Å². The van der Waals surface area contributed by atoms with Gasteiger partial charge in [-0.15, -0.1) is 0 Å². The number of rotatable bonds is 4. The van der Waals surface area contributed by atoms with Crippen LogP contribution >= 0.6 is 6.04 Å². The van der Waals surface area contributed by atoms with Gasteiger partial charge in [0.25, 0.3) is 0 Å². The molecule has 0 atom stereocenters. The van der Waals surface area contributed by atoms with E-state index < -0.39 is 6.04 Å². The van der Waals surface area contributed by atoms with Crippen LogP contribution in [0.15, 0.2) is 73.1 Å². The van der Waals surface area contributed by atoms with E-state index in [-0.39, 0.29) is 0 Å². The number of hydrogen-bond donors (Lipinski definition) is 0. The van der Waals surface area contributed by atoms with E-state index in [0.29, 0.717) is 0 Å². The summed E-state index contributed by atoms with van der Waals surface area (Å²) in [5.74, 6) is 1.05. The minimum Gasteiger partial charge on any atom is -0.338 e. The van der Waals surface area contributed by atoms with Crippen molar-refractivity contribution in [3.8, 4) is 0 Å². The smallest absolute Gasteiger partial charge is 0.114 e. The minimum absolute atomic E-state index is 0.805.